The van der Waals surface area contributed by atoms with E-state index in [2.05, 4.69) is 16.6 Å². The van der Waals surface area contributed by atoms with E-state index in [1.54, 1.807) is 0 Å². The summed E-state index contributed by atoms with van der Waals surface area (Å²) in [6, 6.07) is 0.434. The van der Waals surface area contributed by atoms with Gasteiger partial charge in [-0.15, -0.1) is 0 Å². The van der Waals surface area contributed by atoms with E-state index in [1.807, 2.05) is 0 Å². The van der Waals surface area contributed by atoms with Crippen molar-refractivity contribution in [3.8, 4) is 5.69 Å². The summed E-state index contributed by atoms with van der Waals surface area (Å²) in [5.74, 6) is -6.41. The first-order chi connectivity index (χ1) is 10.7. The number of halogens is 10. The quantitative estimate of drug-likeness (QED) is 0.485. The van der Waals surface area contributed by atoms with Gasteiger partial charge in [-0.1, -0.05) is 11.6 Å². The molecule has 1 aromatic heterocycles. The van der Waals surface area contributed by atoms with Crippen LogP contribution in [0.2, 0.25) is 5.02 Å². The van der Waals surface area contributed by atoms with Crippen LogP contribution in [0.15, 0.2) is 24.7 Å². The van der Waals surface area contributed by atoms with Crippen LogP contribution in [0.4, 0.5) is 35.1 Å². The highest BCUT2D eigenvalue weighted by molar-refractivity contribution is 6.32. The fourth-order valence-electron chi connectivity index (χ4n) is 1.73. The summed E-state index contributed by atoms with van der Waals surface area (Å²) in [5.41, 5.74) is -3.69. The standard InChI is InChI=1S/C12H4Cl2F8N2/c13-6-1-5(11(18,19)20)2-7(15)9(6)24-3-8(23-4-24)10(16,17)12(14,21)22/h1-4H. The first-order valence-corrected chi connectivity index (χ1v) is 6.56. The molecule has 0 fully saturated rings. The third-order valence-corrected chi connectivity index (χ3v) is 3.39. The maximum atomic E-state index is 13.9. The summed E-state index contributed by atoms with van der Waals surface area (Å²) < 4.78 is 104. The van der Waals surface area contributed by atoms with Gasteiger partial charge in [0.05, 0.1) is 16.9 Å². The van der Waals surface area contributed by atoms with Crippen molar-refractivity contribution >= 4 is 23.2 Å². The fraction of sp³-hybridized carbons (Fsp3) is 0.250. The molecule has 2 aromatic rings. The number of rotatable bonds is 3. The zero-order valence-corrected chi connectivity index (χ0v) is 12.5. The van der Waals surface area contributed by atoms with E-state index in [9.17, 15) is 35.1 Å². The highest BCUT2D eigenvalue weighted by Crippen LogP contribution is 2.45. The minimum atomic E-state index is -4.98. The molecule has 0 spiro atoms. The predicted octanol–water partition coefficient (Wildman–Crippen LogP) is 5.61. The molecule has 0 radical (unpaired) electrons. The molecule has 0 amide bonds. The van der Waals surface area contributed by atoms with Gasteiger partial charge in [-0.2, -0.15) is 30.7 Å². The fourth-order valence-corrected chi connectivity index (χ4v) is 2.13. The molecule has 0 aliphatic rings. The lowest BCUT2D eigenvalue weighted by Crippen LogP contribution is -2.33. The topological polar surface area (TPSA) is 17.8 Å². The number of hydrogen-bond acceptors (Lipinski definition) is 1. The van der Waals surface area contributed by atoms with E-state index < -0.39 is 45.3 Å². The molecule has 0 N–H and O–H groups in total. The van der Waals surface area contributed by atoms with Crippen molar-refractivity contribution in [1.29, 1.82) is 0 Å². The van der Waals surface area contributed by atoms with Crippen molar-refractivity contribution in [3.63, 3.8) is 0 Å². The number of benzene rings is 1. The van der Waals surface area contributed by atoms with Gasteiger partial charge in [0.25, 0.3) is 0 Å². The molecule has 0 aliphatic carbocycles. The van der Waals surface area contributed by atoms with Crippen LogP contribution >= 0.6 is 23.2 Å². The molecular weight excluding hydrogens is 395 g/mol. The Bertz CT molecular complexity index is 740. The Labute approximate surface area is 138 Å². The summed E-state index contributed by atoms with van der Waals surface area (Å²) in [5, 5.41) is -5.76. The Morgan fingerprint density at radius 2 is 1.58 bits per heavy atom. The van der Waals surface area contributed by atoms with Gasteiger partial charge in [0.1, 0.15) is 17.2 Å². The molecule has 0 saturated carbocycles. The number of hydrogen-bond donors (Lipinski definition) is 0. The van der Waals surface area contributed by atoms with Crippen LogP contribution in [0.3, 0.4) is 0 Å². The van der Waals surface area contributed by atoms with Gasteiger partial charge in [0.15, 0.2) is 0 Å². The van der Waals surface area contributed by atoms with Crippen LogP contribution in [-0.4, -0.2) is 14.9 Å². The summed E-state index contributed by atoms with van der Waals surface area (Å²) in [6.45, 7) is 0. The summed E-state index contributed by atoms with van der Waals surface area (Å²) >= 11 is 9.83. The van der Waals surface area contributed by atoms with E-state index in [1.165, 1.54) is 0 Å². The lowest BCUT2D eigenvalue weighted by Gasteiger charge is -2.18. The third kappa shape index (κ3) is 3.30. The van der Waals surface area contributed by atoms with E-state index in [0.29, 0.717) is 17.0 Å². The molecule has 2 rings (SSSR count). The third-order valence-electron chi connectivity index (χ3n) is 2.86. The van der Waals surface area contributed by atoms with Crippen LogP contribution in [0.5, 0.6) is 0 Å². The van der Waals surface area contributed by atoms with Gasteiger partial charge in [0.2, 0.25) is 0 Å². The molecule has 1 aromatic carbocycles. The monoisotopic (exact) mass is 398 g/mol. The summed E-state index contributed by atoms with van der Waals surface area (Å²) in [7, 11) is 0. The smallest absolute Gasteiger partial charge is 0.302 e. The number of imidazole rings is 1. The highest BCUT2D eigenvalue weighted by atomic mass is 35.5. The summed E-state index contributed by atoms with van der Waals surface area (Å²) in [4.78, 5) is 2.99. The van der Waals surface area contributed by atoms with Gasteiger partial charge in [-0.3, -0.25) is 0 Å². The maximum Gasteiger partial charge on any atom is 0.416 e. The molecule has 1 heterocycles. The second-order valence-corrected chi connectivity index (χ2v) is 5.41. The lowest BCUT2D eigenvalue weighted by molar-refractivity contribution is -0.166. The average molecular weight is 399 g/mol. The predicted molar refractivity (Wildman–Crippen MR) is 68.2 cm³/mol. The van der Waals surface area contributed by atoms with E-state index in [4.69, 9.17) is 11.6 Å². The van der Waals surface area contributed by atoms with Gasteiger partial charge >= 0.3 is 17.5 Å². The Balaban J connectivity index is 2.52. The minimum Gasteiger partial charge on any atom is -0.302 e. The zero-order chi connectivity index (χ0) is 18.5. The van der Waals surface area contributed by atoms with Crippen molar-refractivity contribution < 1.29 is 35.1 Å². The minimum absolute atomic E-state index is 0.0786. The first kappa shape index (κ1) is 18.8. The largest absolute Gasteiger partial charge is 0.416 e. The van der Waals surface area contributed by atoms with Crippen LogP contribution < -0.4 is 0 Å². The van der Waals surface area contributed by atoms with Gasteiger partial charge in [0, 0.05) is 6.20 Å². The molecular formula is C12H4Cl2F8N2. The van der Waals surface area contributed by atoms with Gasteiger partial charge < -0.3 is 4.57 Å². The van der Waals surface area contributed by atoms with E-state index >= 15 is 0 Å². The molecule has 0 saturated heterocycles. The van der Waals surface area contributed by atoms with E-state index in [0.717, 1.165) is 0 Å². The van der Waals surface area contributed by atoms with Crippen LogP contribution in [-0.2, 0) is 12.1 Å². The maximum absolute atomic E-state index is 13.9. The average Bonchev–Trinajstić information content (AvgIpc) is 2.85. The Hall–Kier alpha value is -1.55. The number of aromatic nitrogens is 2. The second-order valence-electron chi connectivity index (χ2n) is 4.52. The molecule has 12 heteroatoms. The van der Waals surface area contributed by atoms with Crippen LogP contribution in [0, 0.1) is 5.82 Å². The molecule has 0 aliphatic heterocycles. The molecule has 0 atom stereocenters. The van der Waals surface area contributed by atoms with Crippen molar-refractivity contribution in [2.45, 2.75) is 17.5 Å². The first-order valence-electron chi connectivity index (χ1n) is 5.81. The SMILES string of the molecule is Fc1cc(C(F)(F)F)cc(Cl)c1-n1cnc(C(F)(F)C(F)(F)Cl)c1. The molecule has 2 nitrogen and oxygen atoms in total. The van der Waals surface area contributed by atoms with Crippen molar-refractivity contribution in [3.05, 3.63) is 46.8 Å². The molecule has 132 valence electrons. The van der Waals surface area contributed by atoms with Crippen molar-refractivity contribution in [1.82, 2.24) is 9.55 Å². The number of nitrogens with zero attached hydrogens (tertiary/aromatic N) is 2. The molecule has 0 bridgehead atoms. The normalized spacial score (nSPS) is 13.4. The summed E-state index contributed by atoms with van der Waals surface area (Å²) in [6.07, 6.45) is -4.12. The van der Waals surface area contributed by atoms with Crippen molar-refractivity contribution in [2.24, 2.45) is 0 Å². The lowest BCUT2D eigenvalue weighted by atomic mass is 10.2. The Morgan fingerprint density at radius 3 is 2.04 bits per heavy atom. The zero-order valence-electron chi connectivity index (χ0n) is 11.0. The van der Waals surface area contributed by atoms with Gasteiger partial charge in [-0.05, 0) is 23.7 Å². The van der Waals surface area contributed by atoms with Crippen LogP contribution in [0.25, 0.3) is 5.69 Å². The highest BCUT2D eigenvalue weighted by Gasteiger charge is 2.58. The molecule has 0 unspecified atom stereocenters. The van der Waals surface area contributed by atoms with Gasteiger partial charge in [-0.25, -0.2) is 9.37 Å². The van der Waals surface area contributed by atoms with Crippen molar-refractivity contribution in [2.75, 3.05) is 0 Å². The number of alkyl halides is 8. The Morgan fingerprint density at radius 1 is 1.00 bits per heavy atom. The van der Waals surface area contributed by atoms with E-state index in [-0.39, 0.29) is 12.3 Å². The van der Waals surface area contributed by atoms with Crippen LogP contribution in [0.1, 0.15) is 11.3 Å². The Kier molecular flexibility index (Phi) is 4.51. The second kappa shape index (κ2) is 5.76. The molecule has 24 heavy (non-hydrogen) atoms.